The molecule has 0 aromatic carbocycles. The monoisotopic (exact) mass is 508 g/mol. The molecule has 0 aromatic rings. The first-order chi connectivity index (χ1) is 16.3. The highest BCUT2D eigenvalue weighted by Gasteiger charge is 2.57. The Hall–Kier alpha value is -1.14. The van der Waals surface area contributed by atoms with E-state index in [2.05, 4.69) is 79.3 Å². The summed E-state index contributed by atoms with van der Waals surface area (Å²) in [6.07, 6.45) is 8.90. The van der Waals surface area contributed by atoms with Crippen LogP contribution in [0.25, 0.3) is 0 Å². The van der Waals surface area contributed by atoms with Gasteiger partial charge in [-0.2, -0.15) is 0 Å². The average Bonchev–Trinajstić information content (AvgIpc) is 2.70. The maximum atomic E-state index is 12.6. The predicted octanol–water partition coefficient (Wildman–Crippen LogP) is 6.67. The predicted molar refractivity (Wildman–Crippen MR) is 147 cm³/mol. The molecular formula is C30H56N2O4. The van der Waals surface area contributed by atoms with Gasteiger partial charge in [-0.15, -0.1) is 0 Å². The molecule has 6 nitrogen and oxygen atoms in total. The first-order valence-corrected chi connectivity index (χ1v) is 14.2. The second-order valence-electron chi connectivity index (χ2n) is 14.7. The smallest absolute Gasteiger partial charge is 0.303 e. The molecular weight excluding hydrogens is 452 g/mol. The normalized spacial score (nSPS) is 25.1. The Morgan fingerprint density at radius 1 is 0.667 bits per heavy atom. The van der Waals surface area contributed by atoms with Crippen LogP contribution in [-0.2, 0) is 9.59 Å². The molecule has 0 aromatic heterocycles. The molecule has 0 unspecified atom stereocenters. The zero-order chi connectivity index (χ0) is 27.7. The fraction of sp³-hybridized carbons (Fsp3) is 0.933. The van der Waals surface area contributed by atoms with Crippen LogP contribution in [0.3, 0.4) is 0 Å². The van der Waals surface area contributed by atoms with Crippen LogP contribution in [-0.4, -0.2) is 68.2 Å². The highest BCUT2D eigenvalue weighted by molar-refractivity contribution is 5.68. The maximum Gasteiger partial charge on any atom is 0.303 e. The summed E-state index contributed by atoms with van der Waals surface area (Å²) in [6.45, 7) is 18.6. The number of nitrogens with zero attached hydrogens (tertiary/aromatic N) is 2. The fourth-order valence-corrected chi connectivity index (χ4v) is 8.04. The molecule has 0 amide bonds. The van der Waals surface area contributed by atoms with E-state index in [-0.39, 0.29) is 40.4 Å². The number of carbonyl (C=O) groups is 2. The summed E-state index contributed by atoms with van der Waals surface area (Å²) in [5.41, 5.74) is -0.297. The summed E-state index contributed by atoms with van der Waals surface area (Å²) in [4.78, 5) is 28.5. The summed E-state index contributed by atoms with van der Waals surface area (Å²) >= 11 is 0. The molecule has 0 spiro atoms. The van der Waals surface area contributed by atoms with Gasteiger partial charge in [-0.05, 0) is 125 Å². The molecule has 0 bridgehead atoms. The Labute approximate surface area is 221 Å². The molecule has 2 fully saturated rings. The minimum absolute atomic E-state index is 0.00580. The molecule has 2 aliphatic rings. The van der Waals surface area contributed by atoms with E-state index in [1.165, 1.54) is 0 Å². The molecule has 0 saturated carbocycles. The van der Waals surface area contributed by atoms with Crippen LogP contribution in [0.4, 0.5) is 0 Å². The maximum absolute atomic E-state index is 12.6. The van der Waals surface area contributed by atoms with Gasteiger partial charge in [0, 0.05) is 28.6 Å². The van der Waals surface area contributed by atoms with Crippen molar-refractivity contribution in [1.29, 1.82) is 0 Å². The number of carboxylic acid groups (broad SMARTS) is 2. The molecule has 6 heteroatoms. The minimum atomic E-state index is -0.734. The third kappa shape index (κ3) is 6.83. The van der Waals surface area contributed by atoms with Crippen molar-refractivity contribution in [3.63, 3.8) is 0 Å². The molecule has 0 atom stereocenters. The fourth-order valence-electron chi connectivity index (χ4n) is 8.04. The lowest BCUT2D eigenvalue weighted by molar-refractivity contribution is -0.156. The summed E-state index contributed by atoms with van der Waals surface area (Å²) in [5.74, 6) is -0.755. The Bertz CT molecular complexity index is 708. The number of unbranched alkanes of at least 4 members (excludes halogenated alkanes) is 3. The first-order valence-electron chi connectivity index (χ1n) is 14.2. The van der Waals surface area contributed by atoms with E-state index >= 15 is 0 Å². The van der Waals surface area contributed by atoms with Crippen molar-refractivity contribution < 1.29 is 19.8 Å². The summed E-state index contributed by atoms with van der Waals surface area (Å²) in [6, 6.07) is 0. The van der Waals surface area contributed by atoms with Crippen molar-refractivity contribution in [2.75, 3.05) is 14.1 Å². The lowest BCUT2D eigenvalue weighted by Crippen LogP contribution is -2.64. The lowest BCUT2D eigenvalue weighted by Gasteiger charge is -2.63. The van der Waals surface area contributed by atoms with Gasteiger partial charge < -0.3 is 10.2 Å². The highest BCUT2D eigenvalue weighted by atomic mass is 16.4. The molecule has 210 valence electrons. The second kappa shape index (κ2) is 10.9. The summed E-state index contributed by atoms with van der Waals surface area (Å²) in [5, 5.41) is 19.4. The standard InChI is InChI=1S/C30H56N2O4/c1-26(2)17-22(18-27(3,4)31(26)9)30(21-25(35)36,16-14-12-11-13-15-24(33)34)23-19-28(5,6)32(10)29(7,8)20-23/h22-23H,11-21H2,1-10H3,(H,33,34)(H,35,36). The van der Waals surface area contributed by atoms with Gasteiger partial charge in [-0.3, -0.25) is 19.4 Å². The number of hydrogen-bond donors (Lipinski definition) is 2. The molecule has 2 rings (SSSR count). The Balaban J connectivity index is 2.50. The summed E-state index contributed by atoms with van der Waals surface area (Å²) in [7, 11) is 4.44. The van der Waals surface area contributed by atoms with Crippen molar-refractivity contribution in [2.24, 2.45) is 17.3 Å². The first kappa shape index (κ1) is 31.1. The van der Waals surface area contributed by atoms with Gasteiger partial charge in [0.15, 0.2) is 0 Å². The number of aliphatic carboxylic acids is 2. The number of likely N-dealkylation sites (tertiary alicyclic amines) is 2. The lowest BCUT2D eigenvalue weighted by atomic mass is 9.51. The van der Waals surface area contributed by atoms with Crippen LogP contribution in [0.15, 0.2) is 0 Å². The van der Waals surface area contributed by atoms with E-state index in [1.807, 2.05) is 0 Å². The molecule has 0 radical (unpaired) electrons. The minimum Gasteiger partial charge on any atom is -0.481 e. The van der Waals surface area contributed by atoms with Crippen LogP contribution in [0.2, 0.25) is 0 Å². The van der Waals surface area contributed by atoms with Gasteiger partial charge >= 0.3 is 11.9 Å². The van der Waals surface area contributed by atoms with Crippen LogP contribution in [0.1, 0.15) is 126 Å². The van der Waals surface area contributed by atoms with Gasteiger partial charge in [0.2, 0.25) is 0 Å². The average molecular weight is 509 g/mol. The Kier molecular flexibility index (Phi) is 9.43. The van der Waals surface area contributed by atoms with E-state index < -0.39 is 11.9 Å². The van der Waals surface area contributed by atoms with E-state index in [1.54, 1.807) is 0 Å². The Morgan fingerprint density at radius 2 is 1.03 bits per heavy atom. The van der Waals surface area contributed by atoms with E-state index in [0.29, 0.717) is 18.3 Å². The number of carboxylic acids is 2. The third-order valence-electron chi connectivity index (χ3n) is 10.5. The van der Waals surface area contributed by atoms with E-state index in [4.69, 9.17) is 5.11 Å². The van der Waals surface area contributed by atoms with Crippen molar-refractivity contribution in [3.05, 3.63) is 0 Å². The van der Waals surface area contributed by atoms with E-state index in [9.17, 15) is 14.7 Å². The zero-order valence-corrected chi connectivity index (χ0v) is 25.0. The highest BCUT2D eigenvalue weighted by Crippen LogP contribution is 2.59. The quantitative estimate of drug-likeness (QED) is 0.303. The number of hydrogen-bond acceptors (Lipinski definition) is 4. The molecule has 36 heavy (non-hydrogen) atoms. The van der Waals surface area contributed by atoms with Crippen molar-refractivity contribution >= 4 is 11.9 Å². The number of piperidine rings is 2. The van der Waals surface area contributed by atoms with Gasteiger partial charge in [-0.1, -0.05) is 19.3 Å². The van der Waals surface area contributed by atoms with E-state index in [0.717, 1.165) is 51.4 Å². The largest absolute Gasteiger partial charge is 0.481 e. The molecule has 2 heterocycles. The second-order valence-corrected chi connectivity index (χ2v) is 14.7. The third-order valence-corrected chi connectivity index (χ3v) is 10.5. The van der Waals surface area contributed by atoms with Gasteiger partial charge in [0.1, 0.15) is 0 Å². The topological polar surface area (TPSA) is 81.1 Å². The van der Waals surface area contributed by atoms with Crippen LogP contribution >= 0.6 is 0 Å². The van der Waals surface area contributed by atoms with Crippen LogP contribution in [0.5, 0.6) is 0 Å². The van der Waals surface area contributed by atoms with Gasteiger partial charge in [0.25, 0.3) is 0 Å². The van der Waals surface area contributed by atoms with Crippen LogP contribution < -0.4 is 0 Å². The van der Waals surface area contributed by atoms with Gasteiger partial charge in [-0.25, -0.2) is 0 Å². The molecule has 2 N–H and O–H groups in total. The summed E-state index contributed by atoms with van der Waals surface area (Å²) < 4.78 is 0. The van der Waals surface area contributed by atoms with Crippen molar-refractivity contribution in [3.8, 4) is 0 Å². The zero-order valence-electron chi connectivity index (χ0n) is 25.0. The molecule has 0 aliphatic carbocycles. The van der Waals surface area contributed by atoms with Crippen LogP contribution in [0, 0.1) is 17.3 Å². The Morgan fingerprint density at radius 3 is 1.36 bits per heavy atom. The molecule has 2 saturated heterocycles. The van der Waals surface area contributed by atoms with Crippen molar-refractivity contribution in [1.82, 2.24) is 9.80 Å². The SMILES string of the molecule is CN1C(C)(C)CC(C(CCCCCCC(=O)O)(CC(=O)O)C2CC(C)(C)N(C)C(C)(C)C2)CC1(C)C. The van der Waals surface area contributed by atoms with Gasteiger partial charge in [0.05, 0.1) is 6.42 Å². The molecule has 2 aliphatic heterocycles. The number of rotatable bonds is 11. The van der Waals surface area contributed by atoms with Crippen molar-refractivity contribution in [2.45, 2.75) is 148 Å².